The van der Waals surface area contributed by atoms with Gasteiger partial charge < -0.3 is 24.3 Å². The smallest absolute Gasteiger partial charge is 0.312 e. The minimum Gasteiger partial charge on any atom is -0.493 e. The van der Waals surface area contributed by atoms with E-state index in [0.717, 1.165) is 40.1 Å². The van der Waals surface area contributed by atoms with Crippen molar-refractivity contribution in [1.29, 1.82) is 0 Å². The summed E-state index contributed by atoms with van der Waals surface area (Å²) in [5.41, 5.74) is 3.88. The van der Waals surface area contributed by atoms with Gasteiger partial charge in [-0.05, 0) is 75.1 Å². The van der Waals surface area contributed by atoms with Crippen LogP contribution in [0.1, 0.15) is 48.4 Å². The number of carboxylic acids is 1. The van der Waals surface area contributed by atoms with Crippen LogP contribution in [0.5, 0.6) is 17.2 Å². The number of ether oxygens (including phenoxy) is 3. The van der Waals surface area contributed by atoms with Crippen LogP contribution in [-0.4, -0.2) is 41.4 Å². The number of methoxy groups -OCH3 is 1. The molecule has 5 rings (SSSR count). The molecule has 2 aromatic carbocycles. The molecule has 0 fully saturated rings. The Balaban J connectivity index is 1.15. The third-order valence-corrected chi connectivity index (χ3v) is 7.73. The Hall–Kier alpha value is -3.52. The van der Waals surface area contributed by atoms with Gasteiger partial charge in [0.25, 0.3) is 0 Å². The molecule has 0 spiro atoms. The Labute approximate surface area is 214 Å². The van der Waals surface area contributed by atoms with E-state index in [2.05, 4.69) is 4.98 Å². The number of H-pyrrole nitrogens is 1. The van der Waals surface area contributed by atoms with Crippen LogP contribution in [0.4, 0.5) is 0 Å². The van der Waals surface area contributed by atoms with Crippen molar-refractivity contribution in [3.63, 3.8) is 0 Å². The highest BCUT2D eigenvalue weighted by molar-refractivity contribution is 7.15. The summed E-state index contributed by atoms with van der Waals surface area (Å²) >= 11 is 1.79. The van der Waals surface area contributed by atoms with E-state index in [-0.39, 0.29) is 0 Å². The van der Waals surface area contributed by atoms with Crippen molar-refractivity contribution in [2.45, 2.75) is 44.9 Å². The van der Waals surface area contributed by atoms with Gasteiger partial charge in [0.05, 0.1) is 31.9 Å². The highest BCUT2D eigenvalue weighted by Crippen LogP contribution is 2.37. The number of aromatic amines is 1. The van der Waals surface area contributed by atoms with Gasteiger partial charge in [0, 0.05) is 33.5 Å². The number of thiazole rings is 1. The van der Waals surface area contributed by atoms with E-state index in [1.165, 1.54) is 23.4 Å². The van der Waals surface area contributed by atoms with Crippen LogP contribution in [0.15, 0.2) is 42.5 Å². The first kappa shape index (κ1) is 24.2. The van der Waals surface area contributed by atoms with E-state index in [4.69, 9.17) is 19.2 Å². The number of nitrogens with zero attached hydrogens (tertiary/aromatic N) is 1. The average molecular weight is 507 g/mol. The number of rotatable bonds is 10. The third-order valence-electron chi connectivity index (χ3n) is 6.52. The first-order chi connectivity index (χ1) is 17.5. The summed E-state index contributed by atoms with van der Waals surface area (Å²) in [5, 5.41) is 11.2. The van der Waals surface area contributed by atoms with E-state index in [0.29, 0.717) is 36.8 Å². The summed E-state index contributed by atoms with van der Waals surface area (Å²) in [7, 11) is 1.65. The van der Waals surface area contributed by atoms with Gasteiger partial charge in [0.1, 0.15) is 10.8 Å². The van der Waals surface area contributed by atoms with E-state index in [1.807, 2.05) is 42.5 Å². The normalized spacial score (nSPS) is 13.8. The molecule has 188 valence electrons. The largest absolute Gasteiger partial charge is 0.493 e. The SMILES string of the molecule is COc1cc(-c2nc3c(s2)CCCC3)ccc1OCCCOc1ccc2[nH]c(C(C)C(=O)O)cc2c1. The first-order valence-corrected chi connectivity index (χ1v) is 13.1. The fraction of sp³-hybridized carbons (Fsp3) is 0.357. The molecule has 0 bridgehead atoms. The lowest BCUT2D eigenvalue weighted by Crippen LogP contribution is -2.07. The first-order valence-electron chi connectivity index (χ1n) is 12.3. The molecule has 1 aliphatic rings. The predicted molar refractivity (Wildman–Crippen MR) is 141 cm³/mol. The molecule has 0 amide bonds. The molecule has 0 radical (unpaired) electrons. The summed E-state index contributed by atoms with van der Waals surface area (Å²) in [4.78, 5) is 20.7. The zero-order chi connectivity index (χ0) is 25.1. The Morgan fingerprint density at radius 1 is 1.08 bits per heavy atom. The standard InChI is InChI=1S/C28H30N2O5S/c1-17(28(31)32)23-15-19-14-20(9-10-21(19)29-23)34-12-5-13-35-24-11-8-18(16-25(24)33-2)27-30-22-6-3-4-7-26(22)36-27/h8-11,14-17,29H,3-7,12-13H2,1-2H3,(H,31,32). The molecule has 0 saturated heterocycles. The van der Waals surface area contributed by atoms with Crippen LogP contribution < -0.4 is 14.2 Å². The number of nitrogens with one attached hydrogen (secondary N) is 1. The van der Waals surface area contributed by atoms with Crippen LogP contribution in [0.3, 0.4) is 0 Å². The van der Waals surface area contributed by atoms with Crippen molar-refractivity contribution in [1.82, 2.24) is 9.97 Å². The van der Waals surface area contributed by atoms with Gasteiger partial charge in [0.2, 0.25) is 0 Å². The molecular weight excluding hydrogens is 476 g/mol. The lowest BCUT2D eigenvalue weighted by molar-refractivity contribution is -0.138. The molecule has 0 saturated carbocycles. The Morgan fingerprint density at radius 2 is 1.92 bits per heavy atom. The van der Waals surface area contributed by atoms with Gasteiger partial charge in [-0.15, -0.1) is 11.3 Å². The topological polar surface area (TPSA) is 93.7 Å². The zero-order valence-electron chi connectivity index (χ0n) is 20.5. The summed E-state index contributed by atoms with van der Waals surface area (Å²) < 4.78 is 17.5. The lowest BCUT2D eigenvalue weighted by atomic mass is 10.0. The van der Waals surface area contributed by atoms with Gasteiger partial charge >= 0.3 is 5.97 Å². The lowest BCUT2D eigenvalue weighted by Gasteiger charge is -2.12. The van der Waals surface area contributed by atoms with Crippen molar-refractivity contribution < 1.29 is 24.1 Å². The van der Waals surface area contributed by atoms with Crippen molar-refractivity contribution in [3.8, 4) is 27.8 Å². The number of hydrogen-bond donors (Lipinski definition) is 2. The van der Waals surface area contributed by atoms with E-state index in [1.54, 1.807) is 25.4 Å². The Kier molecular flexibility index (Phi) is 7.13. The molecular formula is C28H30N2O5S. The second kappa shape index (κ2) is 10.6. The molecule has 2 aromatic heterocycles. The van der Waals surface area contributed by atoms with Gasteiger partial charge in [-0.3, -0.25) is 4.79 Å². The summed E-state index contributed by atoms with van der Waals surface area (Å²) in [6, 6.07) is 13.6. The van der Waals surface area contributed by atoms with Gasteiger partial charge in [-0.1, -0.05) is 0 Å². The maximum absolute atomic E-state index is 11.2. The van der Waals surface area contributed by atoms with Crippen molar-refractivity contribution in [2.75, 3.05) is 20.3 Å². The molecule has 1 atom stereocenters. The molecule has 7 nitrogen and oxygen atoms in total. The number of carbonyl (C=O) groups is 1. The summed E-state index contributed by atoms with van der Waals surface area (Å²) in [5.74, 6) is 0.703. The Bertz CT molecular complexity index is 1350. The van der Waals surface area contributed by atoms with E-state index < -0.39 is 11.9 Å². The molecule has 1 aliphatic carbocycles. The van der Waals surface area contributed by atoms with Gasteiger partial charge in [-0.25, -0.2) is 4.98 Å². The summed E-state index contributed by atoms with van der Waals surface area (Å²) in [6.07, 6.45) is 5.40. The molecule has 2 heterocycles. The van der Waals surface area contributed by atoms with Gasteiger partial charge in [0.15, 0.2) is 11.5 Å². The minimum atomic E-state index is -0.855. The van der Waals surface area contributed by atoms with Crippen LogP contribution in [0, 0.1) is 0 Å². The monoisotopic (exact) mass is 506 g/mol. The average Bonchev–Trinajstić information content (AvgIpc) is 3.52. The predicted octanol–water partition coefficient (Wildman–Crippen LogP) is 6.21. The number of benzene rings is 2. The second-order valence-electron chi connectivity index (χ2n) is 9.05. The molecule has 1 unspecified atom stereocenters. The van der Waals surface area contributed by atoms with Crippen LogP contribution in [0.25, 0.3) is 21.5 Å². The maximum Gasteiger partial charge on any atom is 0.312 e. The maximum atomic E-state index is 11.2. The molecule has 8 heteroatoms. The van der Waals surface area contributed by atoms with E-state index in [9.17, 15) is 9.90 Å². The fourth-order valence-electron chi connectivity index (χ4n) is 4.42. The summed E-state index contributed by atoms with van der Waals surface area (Å²) in [6.45, 7) is 2.66. The quantitative estimate of drug-likeness (QED) is 0.248. The number of carboxylic acid groups (broad SMARTS) is 1. The highest BCUT2D eigenvalue weighted by Gasteiger charge is 2.18. The molecule has 2 N–H and O–H groups in total. The number of hydrogen-bond acceptors (Lipinski definition) is 6. The minimum absolute atomic E-state index is 0.494. The molecule has 36 heavy (non-hydrogen) atoms. The number of aliphatic carboxylic acids is 1. The molecule has 0 aliphatic heterocycles. The Morgan fingerprint density at radius 3 is 2.72 bits per heavy atom. The highest BCUT2D eigenvalue weighted by atomic mass is 32.1. The number of aryl methyl sites for hydroxylation is 2. The van der Waals surface area contributed by atoms with Crippen molar-refractivity contribution >= 4 is 28.2 Å². The van der Waals surface area contributed by atoms with Crippen molar-refractivity contribution in [3.05, 3.63) is 58.7 Å². The third kappa shape index (κ3) is 5.18. The van der Waals surface area contributed by atoms with E-state index >= 15 is 0 Å². The number of fused-ring (bicyclic) bond motifs is 2. The molecule has 4 aromatic rings. The fourth-order valence-corrected chi connectivity index (χ4v) is 5.56. The second-order valence-corrected chi connectivity index (χ2v) is 10.1. The van der Waals surface area contributed by atoms with Crippen LogP contribution >= 0.6 is 11.3 Å². The van der Waals surface area contributed by atoms with Crippen LogP contribution in [0.2, 0.25) is 0 Å². The van der Waals surface area contributed by atoms with Crippen molar-refractivity contribution in [2.24, 2.45) is 0 Å². The van der Waals surface area contributed by atoms with Crippen LogP contribution in [-0.2, 0) is 17.6 Å². The number of aromatic nitrogens is 2. The van der Waals surface area contributed by atoms with Gasteiger partial charge in [-0.2, -0.15) is 0 Å². The zero-order valence-corrected chi connectivity index (χ0v) is 21.3.